The van der Waals surface area contributed by atoms with E-state index in [0.29, 0.717) is 6.04 Å². The van der Waals surface area contributed by atoms with E-state index in [1.54, 1.807) is 6.26 Å². The number of aryl methyl sites for hydroxylation is 1. The van der Waals surface area contributed by atoms with Crippen molar-refractivity contribution in [1.82, 2.24) is 10.2 Å². The van der Waals surface area contributed by atoms with E-state index in [2.05, 4.69) is 30.1 Å². The Balaban J connectivity index is 1.65. The maximum Gasteiger partial charge on any atom is 0.103 e. The van der Waals surface area contributed by atoms with Crippen LogP contribution >= 0.6 is 0 Å². The van der Waals surface area contributed by atoms with Crippen LogP contribution in [0.5, 0.6) is 0 Å². The molecule has 0 radical (unpaired) electrons. The number of piperidine rings is 1. The summed E-state index contributed by atoms with van der Waals surface area (Å²) >= 11 is 0. The maximum absolute atomic E-state index is 5.40. The van der Waals surface area contributed by atoms with Crippen molar-refractivity contribution in [3.63, 3.8) is 0 Å². The fourth-order valence-corrected chi connectivity index (χ4v) is 2.88. The molecule has 0 spiro atoms. The molecule has 0 amide bonds. The number of hydrogen-bond donors (Lipinski definition) is 1. The highest BCUT2D eigenvalue weighted by Crippen LogP contribution is 2.16. The van der Waals surface area contributed by atoms with E-state index in [9.17, 15) is 0 Å². The van der Waals surface area contributed by atoms with Gasteiger partial charge < -0.3 is 14.6 Å². The Morgan fingerprint density at radius 1 is 1.42 bits per heavy atom. The van der Waals surface area contributed by atoms with Crippen LogP contribution in [0.1, 0.15) is 45.3 Å². The molecule has 1 atom stereocenters. The van der Waals surface area contributed by atoms with Crippen molar-refractivity contribution >= 4 is 0 Å². The Hall–Kier alpha value is -0.800. The smallest absolute Gasteiger partial charge is 0.103 e. The van der Waals surface area contributed by atoms with Gasteiger partial charge in [-0.25, -0.2) is 0 Å². The zero-order valence-corrected chi connectivity index (χ0v) is 12.4. The van der Waals surface area contributed by atoms with Crippen LogP contribution < -0.4 is 5.32 Å². The van der Waals surface area contributed by atoms with Gasteiger partial charge in [0.15, 0.2) is 0 Å². The Bertz CT molecular complexity index is 329. The van der Waals surface area contributed by atoms with E-state index in [1.807, 2.05) is 6.07 Å². The minimum absolute atomic E-state index is 0.664. The number of furan rings is 1. The average molecular weight is 264 g/mol. The first kappa shape index (κ1) is 14.6. The lowest BCUT2D eigenvalue weighted by Gasteiger charge is -2.36. The van der Waals surface area contributed by atoms with Crippen LogP contribution in [0.4, 0.5) is 0 Å². The Kier molecular flexibility index (Phi) is 5.93. The first-order valence-electron chi connectivity index (χ1n) is 7.79. The predicted molar refractivity (Wildman–Crippen MR) is 79.4 cm³/mol. The van der Waals surface area contributed by atoms with E-state index >= 15 is 0 Å². The normalized spacial score (nSPS) is 19.7. The summed E-state index contributed by atoms with van der Waals surface area (Å²) < 4.78 is 5.40. The molecule has 2 heterocycles. The monoisotopic (exact) mass is 264 g/mol. The molecule has 1 aliphatic heterocycles. The lowest BCUT2D eigenvalue weighted by Crippen LogP contribution is -2.46. The van der Waals surface area contributed by atoms with Crippen molar-refractivity contribution in [1.29, 1.82) is 0 Å². The van der Waals surface area contributed by atoms with Gasteiger partial charge in [-0.1, -0.05) is 6.92 Å². The summed E-state index contributed by atoms with van der Waals surface area (Å²) in [6.45, 7) is 8.22. The molecule has 1 saturated heterocycles. The quantitative estimate of drug-likeness (QED) is 0.820. The van der Waals surface area contributed by atoms with Crippen molar-refractivity contribution in [2.24, 2.45) is 0 Å². The van der Waals surface area contributed by atoms with Crippen molar-refractivity contribution in [2.45, 2.75) is 58.0 Å². The highest BCUT2D eigenvalue weighted by atomic mass is 16.3. The second-order valence-corrected chi connectivity index (χ2v) is 5.73. The third kappa shape index (κ3) is 4.66. The zero-order chi connectivity index (χ0) is 13.5. The van der Waals surface area contributed by atoms with Gasteiger partial charge in [0.2, 0.25) is 0 Å². The van der Waals surface area contributed by atoms with Crippen LogP contribution in [0, 0.1) is 0 Å². The van der Waals surface area contributed by atoms with Gasteiger partial charge in [-0.05, 0) is 64.4 Å². The van der Waals surface area contributed by atoms with Crippen LogP contribution in [0.3, 0.4) is 0 Å². The summed E-state index contributed by atoms with van der Waals surface area (Å²) in [5.74, 6) is 1.12. The first-order valence-corrected chi connectivity index (χ1v) is 7.79. The molecule has 0 aliphatic carbocycles. The van der Waals surface area contributed by atoms with Gasteiger partial charge in [-0.15, -0.1) is 0 Å². The van der Waals surface area contributed by atoms with Gasteiger partial charge in [0, 0.05) is 18.5 Å². The summed E-state index contributed by atoms with van der Waals surface area (Å²) in [6.07, 6.45) is 7.85. The van der Waals surface area contributed by atoms with Gasteiger partial charge in [0.25, 0.3) is 0 Å². The van der Waals surface area contributed by atoms with Crippen molar-refractivity contribution in [3.8, 4) is 0 Å². The van der Waals surface area contributed by atoms with Crippen LogP contribution in [0.15, 0.2) is 22.8 Å². The zero-order valence-electron chi connectivity index (χ0n) is 12.4. The molecular weight excluding hydrogens is 236 g/mol. The summed E-state index contributed by atoms with van der Waals surface area (Å²) in [7, 11) is 0. The first-order chi connectivity index (χ1) is 9.29. The SMILES string of the molecule is CCCNC1CCN(C(C)CCc2ccco2)CC1. The predicted octanol–water partition coefficient (Wildman–Crippen LogP) is 3.06. The Morgan fingerprint density at radius 2 is 2.21 bits per heavy atom. The molecule has 0 aromatic carbocycles. The highest BCUT2D eigenvalue weighted by Gasteiger charge is 2.22. The molecule has 108 valence electrons. The molecule has 0 saturated carbocycles. The fraction of sp³-hybridized carbons (Fsp3) is 0.750. The molecule has 1 aromatic heterocycles. The number of likely N-dealkylation sites (tertiary alicyclic amines) is 1. The molecule has 1 N–H and O–H groups in total. The minimum atomic E-state index is 0.664. The van der Waals surface area contributed by atoms with Gasteiger partial charge in [0.1, 0.15) is 5.76 Å². The van der Waals surface area contributed by atoms with E-state index in [-0.39, 0.29) is 0 Å². The molecule has 1 unspecified atom stereocenters. The Morgan fingerprint density at radius 3 is 2.84 bits per heavy atom. The molecule has 3 heteroatoms. The summed E-state index contributed by atoms with van der Waals surface area (Å²) in [5.41, 5.74) is 0. The Labute approximate surface area is 117 Å². The third-order valence-corrected chi connectivity index (χ3v) is 4.22. The highest BCUT2D eigenvalue weighted by molar-refractivity contribution is 4.98. The number of nitrogens with zero attached hydrogens (tertiary/aromatic N) is 1. The molecule has 3 nitrogen and oxygen atoms in total. The minimum Gasteiger partial charge on any atom is -0.469 e. The largest absolute Gasteiger partial charge is 0.469 e. The second-order valence-electron chi connectivity index (χ2n) is 5.73. The van der Waals surface area contributed by atoms with Crippen LogP contribution in [-0.4, -0.2) is 36.6 Å². The fourth-order valence-electron chi connectivity index (χ4n) is 2.88. The molecule has 1 aliphatic rings. The standard InChI is InChI=1S/C16H28N2O/c1-3-10-17-15-8-11-18(12-9-15)14(2)6-7-16-5-4-13-19-16/h4-5,13-15,17H,3,6-12H2,1-2H3. The number of hydrogen-bond acceptors (Lipinski definition) is 3. The maximum atomic E-state index is 5.40. The topological polar surface area (TPSA) is 28.4 Å². The van der Waals surface area contributed by atoms with Gasteiger partial charge in [-0.3, -0.25) is 0 Å². The number of nitrogens with one attached hydrogen (secondary N) is 1. The van der Waals surface area contributed by atoms with Crippen molar-refractivity contribution < 1.29 is 4.42 Å². The lowest BCUT2D eigenvalue weighted by atomic mass is 10.0. The lowest BCUT2D eigenvalue weighted by molar-refractivity contribution is 0.145. The van der Waals surface area contributed by atoms with E-state index in [0.717, 1.165) is 18.2 Å². The molecule has 0 bridgehead atoms. The second kappa shape index (κ2) is 7.71. The summed E-state index contributed by atoms with van der Waals surface area (Å²) in [5, 5.41) is 3.64. The van der Waals surface area contributed by atoms with Crippen molar-refractivity contribution in [3.05, 3.63) is 24.2 Å². The average Bonchev–Trinajstić information content (AvgIpc) is 2.96. The third-order valence-electron chi connectivity index (χ3n) is 4.22. The summed E-state index contributed by atoms with van der Waals surface area (Å²) in [6, 6.07) is 5.46. The molecule has 1 fully saturated rings. The van der Waals surface area contributed by atoms with Crippen LogP contribution in [0.25, 0.3) is 0 Å². The van der Waals surface area contributed by atoms with Gasteiger partial charge >= 0.3 is 0 Å². The van der Waals surface area contributed by atoms with E-state index in [4.69, 9.17) is 4.42 Å². The molecule has 19 heavy (non-hydrogen) atoms. The number of rotatable bonds is 7. The van der Waals surface area contributed by atoms with E-state index < -0.39 is 0 Å². The molecular formula is C16H28N2O. The summed E-state index contributed by atoms with van der Waals surface area (Å²) in [4.78, 5) is 2.63. The molecule has 1 aromatic rings. The van der Waals surface area contributed by atoms with E-state index in [1.165, 1.54) is 45.3 Å². The van der Waals surface area contributed by atoms with Gasteiger partial charge in [-0.2, -0.15) is 0 Å². The van der Waals surface area contributed by atoms with Gasteiger partial charge in [0.05, 0.1) is 6.26 Å². The van der Waals surface area contributed by atoms with Crippen LogP contribution in [-0.2, 0) is 6.42 Å². The van der Waals surface area contributed by atoms with Crippen molar-refractivity contribution in [2.75, 3.05) is 19.6 Å². The molecule has 2 rings (SSSR count). The van der Waals surface area contributed by atoms with Crippen LogP contribution in [0.2, 0.25) is 0 Å².